The average Bonchev–Trinajstić information content (AvgIpc) is 1.88. The lowest BCUT2D eigenvalue weighted by atomic mass is 10.2. The molecule has 1 aromatic rings. The summed E-state index contributed by atoms with van der Waals surface area (Å²) in [5.74, 6) is 0. The summed E-state index contributed by atoms with van der Waals surface area (Å²) in [7, 11) is 0. The van der Waals surface area contributed by atoms with Gasteiger partial charge in [0.05, 0.1) is 0 Å². The maximum atomic E-state index is 10.3. The molecule has 1 unspecified atom stereocenters. The number of rotatable bonds is 1. The Morgan fingerprint density at radius 3 is 2.20 bits per heavy atom. The second-order valence-corrected chi connectivity index (χ2v) is 2.17. The number of hydrogen-bond donors (Lipinski definition) is 2. The van der Waals surface area contributed by atoms with E-state index in [1.54, 1.807) is 24.3 Å². The average molecular weight is 139 g/mol. The van der Waals surface area contributed by atoms with Crippen LogP contribution in [0.5, 0.6) is 0 Å². The van der Waals surface area contributed by atoms with Crippen molar-refractivity contribution < 1.29 is 10.4 Å². The Balaban J connectivity index is 2.89. The molecule has 0 aliphatic rings. The minimum absolute atomic E-state index is 0.339. The molecule has 2 N–H and O–H groups in total. The van der Waals surface area contributed by atoms with Gasteiger partial charge in [-0.2, -0.15) is 5.23 Å². The molecule has 0 aromatic heterocycles. The van der Waals surface area contributed by atoms with E-state index in [1.807, 2.05) is 6.92 Å². The van der Waals surface area contributed by atoms with Gasteiger partial charge in [0.15, 0.2) is 5.69 Å². The smallest absolute Gasteiger partial charge is 0.163 e. The van der Waals surface area contributed by atoms with Gasteiger partial charge in [0.1, 0.15) is 0 Å². The maximum Gasteiger partial charge on any atom is 0.163 e. The Hall–Kier alpha value is -0.900. The normalized spacial score (nSPS) is 13.1. The van der Waals surface area contributed by atoms with Crippen LogP contribution in [0.25, 0.3) is 0 Å². The lowest BCUT2D eigenvalue weighted by Crippen LogP contribution is -2.99. The van der Waals surface area contributed by atoms with Gasteiger partial charge in [-0.05, 0) is 6.92 Å². The number of benzene rings is 1. The van der Waals surface area contributed by atoms with E-state index in [0.717, 1.165) is 5.56 Å². The van der Waals surface area contributed by atoms with Gasteiger partial charge in [0.25, 0.3) is 0 Å². The Kier molecular flexibility index (Phi) is 2.01. The summed E-state index contributed by atoms with van der Waals surface area (Å²) in [6.07, 6.45) is 0. The topological polar surface area (TPSA) is 47.7 Å². The molecule has 0 amide bonds. The Morgan fingerprint density at radius 1 is 1.30 bits per heavy atom. The maximum absolute atomic E-state index is 10.3. The summed E-state index contributed by atoms with van der Waals surface area (Å²) in [4.78, 5) is 0. The molecule has 3 nitrogen and oxygen atoms in total. The molecule has 0 fully saturated rings. The van der Waals surface area contributed by atoms with Crippen molar-refractivity contribution in [2.45, 2.75) is 6.92 Å². The van der Waals surface area contributed by atoms with Crippen LogP contribution in [0.15, 0.2) is 24.3 Å². The first kappa shape index (κ1) is 7.21. The van der Waals surface area contributed by atoms with Gasteiger partial charge in [0.2, 0.25) is 0 Å². The van der Waals surface area contributed by atoms with Gasteiger partial charge in [-0.15, -0.1) is 0 Å². The quantitative estimate of drug-likeness (QED) is 0.553. The van der Waals surface area contributed by atoms with Crippen molar-refractivity contribution in [1.82, 2.24) is 0 Å². The van der Waals surface area contributed by atoms with Crippen LogP contribution >= 0.6 is 0 Å². The van der Waals surface area contributed by atoms with E-state index >= 15 is 0 Å². The summed E-state index contributed by atoms with van der Waals surface area (Å²) in [5.41, 5.74) is 1.41. The monoisotopic (exact) mass is 139 g/mol. The molecule has 1 aromatic carbocycles. The molecule has 10 heavy (non-hydrogen) atoms. The number of aryl methyl sites for hydroxylation is 1. The van der Waals surface area contributed by atoms with Crippen molar-refractivity contribution >= 4 is 5.69 Å². The zero-order valence-corrected chi connectivity index (χ0v) is 5.66. The van der Waals surface area contributed by atoms with E-state index in [-0.39, 0.29) is 0 Å². The van der Waals surface area contributed by atoms with Gasteiger partial charge in [-0.3, -0.25) is 0 Å². The van der Waals surface area contributed by atoms with Crippen LogP contribution < -0.4 is 5.23 Å². The highest BCUT2D eigenvalue weighted by Gasteiger charge is 1.95. The molecule has 0 saturated carbocycles. The molecule has 0 radical (unpaired) electrons. The van der Waals surface area contributed by atoms with Crippen LogP contribution in [0.3, 0.4) is 0 Å². The molecule has 0 aliphatic heterocycles. The summed E-state index contributed by atoms with van der Waals surface area (Å²) in [6.45, 7) is 1.92. The first-order chi connectivity index (χ1) is 4.70. The van der Waals surface area contributed by atoms with E-state index in [9.17, 15) is 5.21 Å². The van der Waals surface area contributed by atoms with Crippen LogP contribution in [-0.4, -0.2) is 5.21 Å². The number of quaternary nitrogens is 1. The standard InChI is InChI=1S/C7H9NO2/c1-6-2-4-7(5-3-6)8(9)10/h2-5,8-9H,1H3. The second-order valence-electron chi connectivity index (χ2n) is 2.17. The summed E-state index contributed by atoms with van der Waals surface area (Å²) < 4.78 is 0. The third kappa shape index (κ3) is 1.54. The SMILES string of the molecule is Cc1ccc([NH+]([O-])O)cc1. The number of hydrogen-bond acceptors (Lipinski definition) is 2. The highest BCUT2D eigenvalue weighted by atomic mass is 16.8. The van der Waals surface area contributed by atoms with E-state index < -0.39 is 5.23 Å². The third-order valence-corrected chi connectivity index (χ3v) is 1.30. The first-order valence-electron chi connectivity index (χ1n) is 3.00. The lowest BCUT2D eigenvalue weighted by molar-refractivity contribution is -0.991. The van der Waals surface area contributed by atoms with Gasteiger partial charge >= 0.3 is 0 Å². The molecule has 0 aliphatic carbocycles. The van der Waals surface area contributed by atoms with Crippen molar-refractivity contribution in [3.63, 3.8) is 0 Å². The highest BCUT2D eigenvalue weighted by Crippen LogP contribution is 2.02. The van der Waals surface area contributed by atoms with Gasteiger partial charge in [-0.25, -0.2) is 5.21 Å². The predicted molar refractivity (Wildman–Crippen MR) is 37.0 cm³/mol. The third-order valence-electron chi connectivity index (χ3n) is 1.30. The van der Waals surface area contributed by atoms with Crippen LogP contribution in [-0.2, 0) is 0 Å². The number of nitrogens with one attached hydrogen (secondary N) is 1. The molecule has 54 valence electrons. The molecule has 1 rings (SSSR count). The Bertz CT molecular complexity index is 205. The molecule has 1 atom stereocenters. The lowest BCUT2D eigenvalue weighted by Gasteiger charge is -2.10. The van der Waals surface area contributed by atoms with Crippen LogP contribution in [0.4, 0.5) is 5.69 Å². The van der Waals surface area contributed by atoms with E-state index in [0.29, 0.717) is 5.69 Å². The van der Waals surface area contributed by atoms with Crippen LogP contribution in [0, 0.1) is 12.1 Å². The highest BCUT2D eigenvalue weighted by molar-refractivity contribution is 5.31. The van der Waals surface area contributed by atoms with Crippen LogP contribution in [0.2, 0.25) is 0 Å². The van der Waals surface area contributed by atoms with Gasteiger partial charge < -0.3 is 5.21 Å². The van der Waals surface area contributed by atoms with E-state index in [2.05, 4.69) is 0 Å². The van der Waals surface area contributed by atoms with E-state index in [4.69, 9.17) is 5.21 Å². The van der Waals surface area contributed by atoms with Gasteiger partial charge in [-0.1, -0.05) is 17.7 Å². The zero-order valence-electron chi connectivity index (χ0n) is 5.66. The van der Waals surface area contributed by atoms with Crippen molar-refractivity contribution in [3.05, 3.63) is 35.0 Å². The second kappa shape index (κ2) is 2.79. The molecular weight excluding hydrogens is 130 g/mol. The predicted octanol–water partition coefficient (Wildman–Crippen LogP) is 0.398. The fourth-order valence-electron chi connectivity index (χ4n) is 0.696. The largest absolute Gasteiger partial charge is 0.595 e. The Labute approximate surface area is 59.1 Å². The molecular formula is C7H9NO2. The van der Waals surface area contributed by atoms with Crippen molar-refractivity contribution in [2.75, 3.05) is 0 Å². The van der Waals surface area contributed by atoms with Crippen LogP contribution in [0.1, 0.15) is 5.56 Å². The zero-order chi connectivity index (χ0) is 7.56. The molecule has 0 heterocycles. The first-order valence-corrected chi connectivity index (χ1v) is 3.00. The van der Waals surface area contributed by atoms with E-state index in [1.165, 1.54) is 0 Å². The summed E-state index contributed by atoms with van der Waals surface area (Å²) in [5, 5.41) is 17.9. The minimum Gasteiger partial charge on any atom is -0.595 e. The molecule has 0 saturated heterocycles. The van der Waals surface area contributed by atoms with Crippen molar-refractivity contribution in [3.8, 4) is 0 Å². The molecule has 3 heteroatoms. The minimum atomic E-state index is -0.875. The van der Waals surface area contributed by atoms with Crippen molar-refractivity contribution in [2.24, 2.45) is 0 Å². The van der Waals surface area contributed by atoms with Gasteiger partial charge in [0, 0.05) is 12.1 Å². The molecule has 0 spiro atoms. The fraction of sp³-hybridized carbons (Fsp3) is 0.143. The summed E-state index contributed by atoms with van der Waals surface area (Å²) in [6, 6.07) is 6.75. The van der Waals surface area contributed by atoms with Crippen molar-refractivity contribution in [1.29, 1.82) is 0 Å². The molecule has 0 bridgehead atoms. The Morgan fingerprint density at radius 2 is 1.80 bits per heavy atom. The fourth-order valence-corrected chi connectivity index (χ4v) is 0.696. The summed E-state index contributed by atoms with van der Waals surface area (Å²) >= 11 is 0.